The standard InChI is InChI=1S/2C20H19.2ClH.Zr/c2*1-2-20(19-15-9-10-16-19,17-11-5-3-6-12-17)18-13-7-4-8-14-18;;;/h2*3-9,11-15H,2,10H2,1H3;2*1H;/q2*-1;;;+2. The molecule has 6 rings (SSSR count). The minimum atomic E-state index is -0.0739. The molecule has 0 radical (unpaired) electrons. The minimum absolute atomic E-state index is 0. The van der Waals surface area contributed by atoms with Crippen molar-refractivity contribution in [1.29, 1.82) is 0 Å². The van der Waals surface area contributed by atoms with Crippen LogP contribution in [0.5, 0.6) is 0 Å². The van der Waals surface area contributed by atoms with Crippen molar-refractivity contribution >= 4 is 24.8 Å². The van der Waals surface area contributed by atoms with Gasteiger partial charge in [0.25, 0.3) is 0 Å². The van der Waals surface area contributed by atoms with Crippen LogP contribution in [0.2, 0.25) is 0 Å². The summed E-state index contributed by atoms with van der Waals surface area (Å²) in [6.07, 6.45) is 19.9. The van der Waals surface area contributed by atoms with Crippen LogP contribution in [-0.2, 0) is 37.0 Å². The van der Waals surface area contributed by atoms with Crippen molar-refractivity contribution in [3.63, 3.8) is 0 Å². The van der Waals surface area contributed by atoms with E-state index in [2.05, 4.69) is 172 Å². The third-order valence-corrected chi connectivity index (χ3v) is 8.44. The van der Waals surface area contributed by atoms with Gasteiger partial charge in [-0.25, -0.2) is 23.3 Å². The SMILES string of the molecule is CCC(C1=[C-]CC=C1)(c1ccccc1)c1ccccc1.CCC(C1=[C-]CC=C1)(c1ccccc1)c1ccccc1.Cl.Cl.[Zr+2]. The van der Waals surface area contributed by atoms with E-state index in [-0.39, 0.29) is 61.8 Å². The Morgan fingerprint density at radius 2 is 0.721 bits per heavy atom. The second-order valence-corrected chi connectivity index (χ2v) is 10.4. The third kappa shape index (κ3) is 7.52. The van der Waals surface area contributed by atoms with E-state index in [4.69, 9.17) is 0 Å². The van der Waals surface area contributed by atoms with E-state index in [1.165, 1.54) is 33.4 Å². The zero-order valence-corrected chi connectivity index (χ0v) is 29.1. The topological polar surface area (TPSA) is 0 Å². The molecule has 0 fully saturated rings. The van der Waals surface area contributed by atoms with E-state index in [0.717, 1.165) is 25.7 Å². The molecule has 4 aromatic rings. The zero-order valence-electron chi connectivity index (χ0n) is 25.0. The second-order valence-electron chi connectivity index (χ2n) is 10.4. The molecular weight excluding hydrogens is 643 g/mol. The molecule has 2 aliphatic carbocycles. The number of benzene rings is 4. The predicted octanol–water partition coefficient (Wildman–Crippen LogP) is 11.0. The Kier molecular flexibility index (Phi) is 14.9. The van der Waals surface area contributed by atoms with Crippen molar-refractivity contribution in [2.45, 2.75) is 50.4 Å². The first-order chi connectivity index (χ1) is 19.8. The molecule has 0 atom stereocenters. The molecule has 0 heterocycles. The van der Waals surface area contributed by atoms with Crippen LogP contribution < -0.4 is 0 Å². The summed E-state index contributed by atoms with van der Waals surface area (Å²) in [5.74, 6) is 0. The number of allylic oxidation sites excluding steroid dienone is 8. The van der Waals surface area contributed by atoms with Crippen molar-refractivity contribution in [3.8, 4) is 0 Å². The summed E-state index contributed by atoms with van der Waals surface area (Å²) in [6, 6.07) is 43.2. The van der Waals surface area contributed by atoms with E-state index < -0.39 is 0 Å². The summed E-state index contributed by atoms with van der Waals surface area (Å²) in [6.45, 7) is 4.53. The Morgan fingerprint density at radius 3 is 0.907 bits per heavy atom. The van der Waals surface area contributed by atoms with E-state index in [9.17, 15) is 0 Å². The summed E-state index contributed by atoms with van der Waals surface area (Å²) in [7, 11) is 0. The molecular formula is C40H40Cl2Zr. The first-order valence-corrected chi connectivity index (χ1v) is 14.5. The zero-order chi connectivity index (χ0) is 27.7. The van der Waals surface area contributed by atoms with Crippen molar-refractivity contribution in [2.75, 3.05) is 0 Å². The van der Waals surface area contributed by atoms with Crippen LogP contribution >= 0.6 is 24.8 Å². The quantitative estimate of drug-likeness (QED) is 0.162. The molecule has 0 aliphatic heterocycles. The summed E-state index contributed by atoms with van der Waals surface area (Å²) in [4.78, 5) is 0. The molecule has 0 amide bonds. The van der Waals surface area contributed by atoms with Gasteiger partial charge in [-0.2, -0.15) is 12.2 Å². The molecule has 3 heteroatoms. The Labute approximate surface area is 290 Å². The monoisotopic (exact) mass is 680 g/mol. The second kappa shape index (κ2) is 17.6. The van der Waals surface area contributed by atoms with Crippen molar-refractivity contribution in [3.05, 3.63) is 191 Å². The average Bonchev–Trinajstić information content (AvgIpc) is 3.78. The number of hydrogen-bond donors (Lipinski definition) is 0. The molecule has 218 valence electrons. The predicted molar refractivity (Wildman–Crippen MR) is 183 cm³/mol. The van der Waals surface area contributed by atoms with Crippen LogP contribution in [0, 0.1) is 12.2 Å². The van der Waals surface area contributed by atoms with Gasteiger partial charge >= 0.3 is 26.2 Å². The van der Waals surface area contributed by atoms with Gasteiger partial charge in [-0.1, -0.05) is 135 Å². The Hall–Kier alpha value is -2.70. The van der Waals surface area contributed by atoms with Gasteiger partial charge in [-0.3, -0.25) is 12.2 Å². The van der Waals surface area contributed by atoms with Crippen LogP contribution in [0.4, 0.5) is 0 Å². The molecule has 0 nitrogen and oxygen atoms in total. The van der Waals surface area contributed by atoms with Gasteiger partial charge in [-0.15, -0.1) is 37.7 Å². The molecule has 4 aromatic carbocycles. The first-order valence-electron chi connectivity index (χ1n) is 14.5. The molecule has 2 aliphatic rings. The van der Waals surface area contributed by atoms with Gasteiger partial charge in [0.15, 0.2) is 0 Å². The summed E-state index contributed by atoms with van der Waals surface area (Å²) >= 11 is 0. The normalized spacial score (nSPS) is 13.3. The van der Waals surface area contributed by atoms with Gasteiger partial charge in [0.1, 0.15) is 0 Å². The smallest absolute Gasteiger partial charge is 0.268 e. The minimum Gasteiger partial charge on any atom is -0.268 e. The van der Waals surface area contributed by atoms with E-state index in [1.807, 2.05) is 0 Å². The van der Waals surface area contributed by atoms with Crippen LogP contribution in [0.3, 0.4) is 0 Å². The summed E-state index contributed by atoms with van der Waals surface area (Å²) < 4.78 is 0. The van der Waals surface area contributed by atoms with Gasteiger partial charge in [-0.05, 0) is 35.1 Å². The van der Waals surface area contributed by atoms with Crippen LogP contribution in [0.15, 0.2) is 157 Å². The number of rotatable bonds is 8. The molecule has 0 unspecified atom stereocenters. The van der Waals surface area contributed by atoms with Gasteiger partial charge in [0.05, 0.1) is 0 Å². The van der Waals surface area contributed by atoms with Gasteiger partial charge < -0.3 is 0 Å². The van der Waals surface area contributed by atoms with Crippen molar-refractivity contribution < 1.29 is 26.2 Å². The third-order valence-electron chi connectivity index (χ3n) is 8.44. The van der Waals surface area contributed by atoms with E-state index >= 15 is 0 Å². The molecule has 0 aromatic heterocycles. The van der Waals surface area contributed by atoms with Crippen molar-refractivity contribution in [2.24, 2.45) is 0 Å². The fraction of sp³-hybridized carbons (Fsp3) is 0.200. The van der Waals surface area contributed by atoms with Crippen LogP contribution in [0.1, 0.15) is 61.8 Å². The molecule has 0 bridgehead atoms. The van der Waals surface area contributed by atoms with Crippen molar-refractivity contribution in [1.82, 2.24) is 0 Å². The first kappa shape index (κ1) is 36.5. The maximum absolute atomic E-state index is 3.55. The molecule has 0 saturated carbocycles. The largest absolute Gasteiger partial charge is 2.00 e. The molecule has 43 heavy (non-hydrogen) atoms. The Balaban J connectivity index is 0.000000281. The Morgan fingerprint density at radius 1 is 0.465 bits per heavy atom. The number of halogens is 2. The summed E-state index contributed by atoms with van der Waals surface area (Å²) in [5.41, 5.74) is 7.86. The molecule has 0 saturated heterocycles. The van der Waals surface area contributed by atoms with Gasteiger partial charge in [0.2, 0.25) is 0 Å². The summed E-state index contributed by atoms with van der Waals surface area (Å²) in [5, 5.41) is 0. The number of hydrogen-bond acceptors (Lipinski definition) is 0. The fourth-order valence-corrected chi connectivity index (χ4v) is 6.44. The average molecular weight is 683 g/mol. The van der Waals surface area contributed by atoms with Crippen LogP contribution in [0.25, 0.3) is 0 Å². The van der Waals surface area contributed by atoms with Gasteiger partial charge in [0, 0.05) is 10.8 Å². The van der Waals surface area contributed by atoms with E-state index in [1.54, 1.807) is 0 Å². The molecule has 0 N–H and O–H groups in total. The maximum Gasteiger partial charge on any atom is 2.00 e. The molecule has 0 spiro atoms. The fourth-order valence-electron chi connectivity index (χ4n) is 6.44. The maximum atomic E-state index is 3.55. The Bertz CT molecular complexity index is 1290. The van der Waals surface area contributed by atoms with E-state index in [0.29, 0.717) is 0 Å². The van der Waals surface area contributed by atoms with Crippen LogP contribution in [-0.4, -0.2) is 0 Å².